The first-order chi connectivity index (χ1) is 22.5. The van der Waals surface area contributed by atoms with Crippen molar-refractivity contribution in [3.8, 4) is 11.6 Å². The van der Waals surface area contributed by atoms with Gasteiger partial charge in [-0.3, -0.25) is 19.1 Å². The van der Waals surface area contributed by atoms with E-state index in [9.17, 15) is 27.6 Å². The molecule has 1 aliphatic carbocycles. The van der Waals surface area contributed by atoms with Gasteiger partial charge in [0.2, 0.25) is 27.7 Å². The Labute approximate surface area is 288 Å². The molecule has 2 fully saturated rings. The number of nitrogens with zero attached hydrogens (tertiary/aromatic N) is 2. The molecule has 1 saturated heterocycles. The van der Waals surface area contributed by atoms with Crippen LogP contribution < -0.4 is 24.8 Å². The molecule has 270 valence electrons. The SMILES string of the molecule is CC(C)(C)OC(=O)N[C@H](C(=O)N1C[C@H](Oc2nccc3cc(OC(C)(C)C)ccc23)C[C@H]1C(=O)NCC(=O)NS(=O)(=O)C1CC1)C(C)(C)C. The first kappa shape index (κ1) is 37.7. The maximum atomic E-state index is 14.2. The number of alkyl carbamates (subject to hydrolysis) is 1. The summed E-state index contributed by atoms with van der Waals surface area (Å²) in [6.45, 7) is 15.6. The van der Waals surface area contributed by atoms with Gasteiger partial charge in [-0.25, -0.2) is 18.2 Å². The molecule has 3 N–H and O–H groups in total. The highest BCUT2D eigenvalue weighted by atomic mass is 32.2. The third-order valence-corrected chi connectivity index (χ3v) is 9.53. The van der Waals surface area contributed by atoms with Gasteiger partial charge in [0, 0.05) is 18.0 Å². The van der Waals surface area contributed by atoms with Gasteiger partial charge in [-0.15, -0.1) is 0 Å². The van der Waals surface area contributed by atoms with Crippen molar-refractivity contribution in [2.45, 2.75) is 116 Å². The normalized spacial score (nSPS) is 19.2. The van der Waals surface area contributed by atoms with Crippen molar-refractivity contribution in [3.63, 3.8) is 0 Å². The first-order valence-electron chi connectivity index (χ1n) is 16.4. The highest BCUT2D eigenvalue weighted by molar-refractivity contribution is 7.90. The van der Waals surface area contributed by atoms with Gasteiger partial charge in [-0.2, -0.15) is 0 Å². The van der Waals surface area contributed by atoms with Crippen LogP contribution in [0.1, 0.15) is 81.6 Å². The summed E-state index contributed by atoms with van der Waals surface area (Å²) in [6.07, 6.45) is 1.08. The molecule has 1 saturated carbocycles. The topological polar surface area (TPSA) is 182 Å². The van der Waals surface area contributed by atoms with E-state index < -0.39 is 80.4 Å². The molecule has 0 unspecified atom stereocenters. The van der Waals surface area contributed by atoms with Gasteiger partial charge in [0.05, 0.1) is 18.3 Å². The van der Waals surface area contributed by atoms with Crippen molar-refractivity contribution in [2.24, 2.45) is 5.41 Å². The molecular formula is C34H49N5O9S. The number of rotatable bonds is 10. The summed E-state index contributed by atoms with van der Waals surface area (Å²) in [5, 5.41) is 6.04. The van der Waals surface area contributed by atoms with Gasteiger partial charge in [-0.05, 0) is 89.5 Å². The second kappa shape index (κ2) is 14.0. The fraction of sp³-hybridized carbons (Fsp3) is 0.618. The summed E-state index contributed by atoms with van der Waals surface area (Å²) in [4.78, 5) is 58.8. The van der Waals surface area contributed by atoms with Gasteiger partial charge < -0.3 is 29.7 Å². The molecule has 1 aliphatic heterocycles. The number of ether oxygens (including phenoxy) is 3. The van der Waals surface area contributed by atoms with Crippen LogP contribution in [0.15, 0.2) is 30.5 Å². The van der Waals surface area contributed by atoms with Crippen LogP contribution in [0.5, 0.6) is 11.6 Å². The third-order valence-electron chi connectivity index (χ3n) is 7.67. The Morgan fingerprint density at radius 3 is 2.24 bits per heavy atom. The summed E-state index contributed by atoms with van der Waals surface area (Å²) in [5.41, 5.74) is -2.01. The minimum atomic E-state index is -3.81. The molecule has 14 nitrogen and oxygen atoms in total. The number of sulfonamides is 1. The summed E-state index contributed by atoms with van der Waals surface area (Å²) in [5.74, 6) is -1.16. The number of amides is 4. The molecule has 3 atom stereocenters. The lowest BCUT2D eigenvalue weighted by Crippen LogP contribution is -2.58. The second-order valence-corrected chi connectivity index (χ2v) is 17.6. The monoisotopic (exact) mass is 703 g/mol. The summed E-state index contributed by atoms with van der Waals surface area (Å²) >= 11 is 0. The number of carbonyl (C=O) groups excluding carboxylic acids is 4. The van der Waals surface area contributed by atoms with Crippen LogP contribution in [0.25, 0.3) is 10.8 Å². The molecule has 2 aromatic rings. The Hall–Kier alpha value is -4.14. The predicted molar refractivity (Wildman–Crippen MR) is 182 cm³/mol. The predicted octanol–water partition coefficient (Wildman–Crippen LogP) is 3.42. The van der Waals surface area contributed by atoms with Crippen LogP contribution in [-0.4, -0.2) is 89.8 Å². The largest absolute Gasteiger partial charge is 0.488 e. The maximum absolute atomic E-state index is 14.2. The fourth-order valence-electron chi connectivity index (χ4n) is 5.35. The molecule has 4 amide bonds. The van der Waals surface area contributed by atoms with Crippen molar-refractivity contribution < 1.29 is 41.8 Å². The standard InChI is InChI=1S/C34H49N5O9S/c1-32(2,3)27(37-31(43)48-34(7,8)9)30(42)39-19-22(17-25(39)28(41)36-18-26(40)38-49(44,45)23-11-12-23)46-29-24-13-10-21(47-33(4,5)6)16-20(24)14-15-35-29/h10,13-16,22-23,25,27H,11-12,17-19H2,1-9H3,(H,36,41)(H,37,43)(H,38,40)/t22-,25+,27-/m1/s1. The average molecular weight is 704 g/mol. The Kier molecular flexibility index (Phi) is 10.8. The molecule has 15 heteroatoms. The Morgan fingerprint density at radius 1 is 0.980 bits per heavy atom. The molecular weight excluding hydrogens is 654 g/mol. The van der Waals surface area contributed by atoms with E-state index in [1.54, 1.807) is 47.7 Å². The smallest absolute Gasteiger partial charge is 0.408 e. The highest BCUT2D eigenvalue weighted by Gasteiger charge is 2.46. The molecule has 4 rings (SSSR count). The Bertz CT molecular complexity index is 1690. The van der Waals surface area contributed by atoms with Gasteiger partial charge in [-0.1, -0.05) is 20.8 Å². The lowest BCUT2D eigenvalue weighted by Gasteiger charge is -2.35. The van der Waals surface area contributed by atoms with Crippen molar-refractivity contribution >= 4 is 44.6 Å². The number of nitrogens with one attached hydrogen (secondary N) is 3. The van der Waals surface area contributed by atoms with E-state index in [2.05, 4.69) is 15.6 Å². The minimum absolute atomic E-state index is 0.0339. The Morgan fingerprint density at radius 2 is 1.65 bits per heavy atom. The van der Waals surface area contributed by atoms with Crippen LogP contribution >= 0.6 is 0 Å². The molecule has 2 aliphatic rings. The van der Waals surface area contributed by atoms with Gasteiger partial charge in [0.25, 0.3) is 5.91 Å². The van der Waals surface area contributed by atoms with E-state index in [0.29, 0.717) is 29.9 Å². The number of pyridine rings is 1. The van der Waals surface area contributed by atoms with E-state index in [1.165, 1.54) is 4.90 Å². The number of hydrogen-bond donors (Lipinski definition) is 3. The van der Waals surface area contributed by atoms with E-state index >= 15 is 0 Å². The number of hydrogen-bond acceptors (Lipinski definition) is 10. The maximum Gasteiger partial charge on any atom is 0.408 e. The van der Waals surface area contributed by atoms with E-state index in [-0.39, 0.29) is 13.0 Å². The van der Waals surface area contributed by atoms with Crippen LogP contribution in [-0.2, 0) is 29.1 Å². The number of likely N-dealkylation sites (tertiary alicyclic amines) is 1. The zero-order valence-electron chi connectivity index (χ0n) is 29.7. The van der Waals surface area contributed by atoms with Crippen LogP contribution in [0, 0.1) is 5.41 Å². The average Bonchev–Trinajstić information content (AvgIpc) is 3.73. The zero-order chi connectivity index (χ0) is 36.5. The lowest BCUT2D eigenvalue weighted by molar-refractivity contribution is -0.142. The molecule has 1 aromatic carbocycles. The number of carbonyl (C=O) groups is 4. The van der Waals surface area contributed by atoms with E-state index in [0.717, 1.165) is 5.39 Å². The highest BCUT2D eigenvalue weighted by Crippen LogP contribution is 2.32. The fourth-order valence-corrected chi connectivity index (χ4v) is 6.67. The molecule has 0 bridgehead atoms. The second-order valence-electron chi connectivity index (χ2n) is 15.6. The van der Waals surface area contributed by atoms with Crippen LogP contribution in [0.3, 0.4) is 0 Å². The quantitative estimate of drug-likeness (QED) is 0.332. The Balaban J connectivity index is 1.58. The van der Waals surface area contributed by atoms with Gasteiger partial charge >= 0.3 is 6.09 Å². The van der Waals surface area contributed by atoms with E-state index in [4.69, 9.17) is 14.2 Å². The van der Waals surface area contributed by atoms with Crippen molar-refractivity contribution in [1.29, 1.82) is 0 Å². The molecule has 2 heterocycles. The van der Waals surface area contributed by atoms with E-state index in [1.807, 2.05) is 49.8 Å². The molecule has 1 aromatic heterocycles. The molecule has 49 heavy (non-hydrogen) atoms. The molecule has 0 spiro atoms. The minimum Gasteiger partial charge on any atom is -0.488 e. The van der Waals surface area contributed by atoms with Crippen molar-refractivity contribution in [2.75, 3.05) is 13.1 Å². The number of aromatic nitrogens is 1. The number of benzene rings is 1. The zero-order valence-corrected chi connectivity index (χ0v) is 30.5. The van der Waals surface area contributed by atoms with Crippen LogP contribution in [0.4, 0.5) is 4.79 Å². The summed E-state index contributed by atoms with van der Waals surface area (Å²) < 4.78 is 44.1. The van der Waals surface area contributed by atoms with Crippen molar-refractivity contribution in [1.82, 2.24) is 25.2 Å². The number of fused-ring (bicyclic) bond motifs is 1. The van der Waals surface area contributed by atoms with Gasteiger partial charge in [0.15, 0.2) is 0 Å². The van der Waals surface area contributed by atoms with Gasteiger partial charge in [0.1, 0.15) is 35.1 Å². The molecule has 0 radical (unpaired) electrons. The van der Waals surface area contributed by atoms with Crippen molar-refractivity contribution in [3.05, 3.63) is 30.5 Å². The first-order valence-corrected chi connectivity index (χ1v) is 17.9. The lowest BCUT2D eigenvalue weighted by atomic mass is 9.85. The summed E-state index contributed by atoms with van der Waals surface area (Å²) in [6, 6.07) is 5.13. The summed E-state index contributed by atoms with van der Waals surface area (Å²) in [7, 11) is -3.81. The third kappa shape index (κ3) is 10.4. The van der Waals surface area contributed by atoms with Crippen LogP contribution in [0.2, 0.25) is 0 Å².